The van der Waals surface area contributed by atoms with Crippen molar-refractivity contribution in [3.05, 3.63) is 59.5 Å². The maximum absolute atomic E-state index is 13.1. The SMILES string of the molecule is CN=C(NCc1cccnc1N1CCCC(C(N)=O)C1)N(C)Cc1ccc(F)cc1. The largest absolute Gasteiger partial charge is 0.369 e. The highest BCUT2D eigenvalue weighted by atomic mass is 19.1. The predicted octanol–water partition coefficient (Wildman–Crippen LogP) is 2.13. The number of primary amides is 1. The molecule has 1 fully saturated rings. The van der Waals surface area contributed by atoms with E-state index in [0.717, 1.165) is 42.3 Å². The summed E-state index contributed by atoms with van der Waals surface area (Å²) in [7, 11) is 3.67. The Hall–Kier alpha value is -3.16. The van der Waals surface area contributed by atoms with E-state index in [0.29, 0.717) is 19.6 Å². The zero-order valence-electron chi connectivity index (χ0n) is 17.5. The number of rotatable bonds is 6. The average Bonchev–Trinajstić information content (AvgIpc) is 2.76. The number of halogens is 1. The average molecular weight is 413 g/mol. The van der Waals surface area contributed by atoms with Crippen LogP contribution < -0.4 is 16.0 Å². The molecule has 1 aromatic heterocycles. The molecule has 1 amide bonds. The molecule has 2 heterocycles. The number of nitrogens with two attached hydrogens (primary N) is 1. The van der Waals surface area contributed by atoms with E-state index < -0.39 is 0 Å². The van der Waals surface area contributed by atoms with Gasteiger partial charge in [0.15, 0.2) is 5.96 Å². The smallest absolute Gasteiger partial charge is 0.222 e. The minimum atomic E-state index is -0.252. The van der Waals surface area contributed by atoms with Gasteiger partial charge in [-0.1, -0.05) is 18.2 Å². The Morgan fingerprint density at radius 2 is 2.13 bits per heavy atom. The van der Waals surface area contributed by atoms with Crippen LogP contribution in [0.2, 0.25) is 0 Å². The van der Waals surface area contributed by atoms with Gasteiger partial charge in [0.1, 0.15) is 11.6 Å². The number of hydrogen-bond acceptors (Lipinski definition) is 4. The van der Waals surface area contributed by atoms with Crippen molar-refractivity contribution in [2.24, 2.45) is 16.6 Å². The van der Waals surface area contributed by atoms with Crippen molar-refractivity contribution in [1.82, 2.24) is 15.2 Å². The van der Waals surface area contributed by atoms with Crippen molar-refractivity contribution >= 4 is 17.7 Å². The summed E-state index contributed by atoms with van der Waals surface area (Å²) < 4.78 is 13.1. The molecule has 2 aromatic rings. The third-order valence-electron chi connectivity index (χ3n) is 5.33. The van der Waals surface area contributed by atoms with Crippen molar-refractivity contribution in [3.8, 4) is 0 Å². The van der Waals surface area contributed by atoms with Crippen LogP contribution in [0.3, 0.4) is 0 Å². The van der Waals surface area contributed by atoms with Crippen molar-refractivity contribution in [1.29, 1.82) is 0 Å². The van der Waals surface area contributed by atoms with Gasteiger partial charge in [0, 0.05) is 52.0 Å². The first-order valence-corrected chi connectivity index (χ1v) is 10.1. The van der Waals surface area contributed by atoms with Crippen molar-refractivity contribution in [3.63, 3.8) is 0 Å². The molecule has 1 saturated heterocycles. The highest BCUT2D eigenvalue weighted by Gasteiger charge is 2.26. The van der Waals surface area contributed by atoms with Crippen LogP contribution in [0.1, 0.15) is 24.0 Å². The molecule has 7 nitrogen and oxygen atoms in total. The number of carbonyl (C=O) groups excluding carboxylic acids is 1. The number of benzene rings is 1. The molecule has 160 valence electrons. The van der Waals surface area contributed by atoms with E-state index in [1.807, 2.05) is 24.1 Å². The number of hydrogen-bond donors (Lipinski definition) is 2. The molecule has 0 bridgehead atoms. The van der Waals surface area contributed by atoms with Crippen LogP contribution in [0, 0.1) is 11.7 Å². The molecule has 3 rings (SSSR count). The molecular formula is C22H29FN6O. The number of guanidine groups is 1. The van der Waals surface area contributed by atoms with Gasteiger partial charge in [-0.25, -0.2) is 9.37 Å². The molecular weight excluding hydrogens is 383 g/mol. The number of amides is 1. The molecule has 0 saturated carbocycles. The van der Waals surface area contributed by atoms with Crippen LogP contribution in [0.5, 0.6) is 0 Å². The lowest BCUT2D eigenvalue weighted by molar-refractivity contribution is -0.122. The molecule has 3 N–H and O–H groups in total. The molecule has 1 aromatic carbocycles. The number of aromatic nitrogens is 1. The van der Waals surface area contributed by atoms with Gasteiger partial charge in [-0.15, -0.1) is 0 Å². The first kappa shape index (κ1) is 21.5. The van der Waals surface area contributed by atoms with E-state index in [4.69, 9.17) is 5.73 Å². The van der Waals surface area contributed by atoms with E-state index in [9.17, 15) is 9.18 Å². The van der Waals surface area contributed by atoms with Crippen LogP contribution in [0.4, 0.5) is 10.2 Å². The van der Waals surface area contributed by atoms with Crippen molar-refractivity contribution in [2.75, 3.05) is 32.1 Å². The lowest BCUT2D eigenvalue weighted by Gasteiger charge is -2.33. The standard InChI is InChI=1S/C22H29FN6O/c1-25-22(28(2)14-16-7-9-19(23)10-8-16)27-13-17-5-3-11-26-21(17)29-12-4-6-18(15-29)20(24)30/h3,5,7-11,18H,4,6,12-15H2,1-2H3,(H2,24,30)(H,25,27). The van der Waals surface area contributed by atoms with Crippen LogP contribution >= 0.6 is 0 Å². The third kappa shape index (κ3) is 5.46. The normalized spacial score (nSPS) is 17.0. The Balaban J connectivity index is 1.66. The quantitative estimate of drug-likeness (QED) is 0.561. The van der Waals surface area contributed by atoms with E-state index >= 15 is 0 Å². The maximum Gasteiger partial charge on any atom is 0.222 e. The lowest BCUT2D eigenvalue weighted by Crippen LogP contribution is -2.42. The number of nitrogens with one attached hydrogen (secondary N) is 1. The second kappa shape index (κ2) is 10.0. The molecule has 30 heavy (non-hydrogen) atoms. The summed E-state index contributed by atoms with van der Waals surface area (Å²) in [6, 6.07) is 10.4. The molecule has 1 aliphatic rings. The zero-order chi connectivity index (χ0) is 21.5. The lowest BCUT2D eigenvalue weighted by atomic mass is 9.97. The van der Waals surface area contributed by atoms with Gasteiger partial charge in [-0.2, -0.15) is 0 Å². The molecule has 0 spiro atoms. The van der Waals surface area contributed by atoms with Gasteiger partial charge in [-0.05, 0) is 36.6 Å². The Labute approximate surface area is 176 Å². The molecule has 8 heteroatoms. The summed E-state index contributed by atoms with van der Waals surface area (Å²) in [4.78, 5) is 24.7. The number of pyridine rings is 1. The molecule has 1 unspecified atom stereocenters. The van der Waals surface area contributed by atoms with Crippen LogP contribution in [-0.4, -0.2) is 48.9 Å². The van der Waals surface area contributed by atoms with E-state index in [1.165, 1.54) is 12.1 Å². The summed E-state index contributed by atoms with van der Waals surface area (Å²) >= 11 is 0. The molecule has 0 aliphatic carbocycles. The van der Waals surface area contributed by atoms with Gasteiger partial charge in [0.2, 0.25) is 5.91 Å². The minimum Gasteiger partial charge on any atom is -0.369 e. The topological polar surface area (TPSA) is 86.9 Å². The van der Waals surface area contributed by atoms with Crippen molar-refractivity contribution in [2.45, 2.75) is 25.9 Å². The summed E-state index contributed by atoms with van der Waals surface area (Å²) in [5.74, 6) is 0.953. The first-order chi connectivity index (χ1) is 14.5. The highest BCUT2D eigenvalue weighted by molar-refractivity contribution is 5.80. The predicted molar refractivity (Wildman–Crippen MR) is 116 cm³/mol. The summed E-state index contributed by atoms with van der Waals surface area (Å²) in [5, 5.41) is 3.37. The fourth-order valence-corrected chi connectivity index (χ4v) is 3.75. The molecule has 1 atom stereocenters. The van der Waals surface area contributed by atoms with E-state index in [-0.39, 0.29) is 17.6 Å². The number of piperidine rings is 1. The summed E-state index contributed by atoms with van der Waals surface area (Å²) in [6.07, 6.45) is 3.51. The Morgan fingerprint density at radius 1 is 1.37 bits per heavy atom. The van der Waals surface area contributed by atoms with Gasteiger partial charge in [0.25, 0.3) is 0 Å². The number of anilines is 1. The van der Waals surface area contributed by atoms with Crippen molar-refractivity contribution < 1.29 is 9.18 Å². The van der Waals surface area contributed by atoms with Crippen LogP contribution in [-0.2, 0) is 17.9 Å². The maximum atomic E-state index is 13.1. The second-order valence-corrected chi connectivity index (χ2v) is 7.56. The van der Waals surface area contributed by atoms with E-state index in [2.05, 4.69) is 20.2 Å². The highest BCUT2D eigenvalue weighted by Crippen LogP contribution is 2.24. The summed E-state index contributed by atoms with van der Waals surface area (Å²) in [5.41, 5.74) is 7.55. The molecule has 0 radical (unpaired) electrons. The Bertz CT molecular complexity index is 885. The Morgan fingerprint density at radius 3 is 2.83 bits per heavy atom. The molecule has 1 aliphatic heterocycles. The van der Waals surface area contributed by atoms with Crippen LogP contribution in [0.15, 0.2) is 47.6 Å². The number of aliphatic imine (C=N–C) groups is 1. The fraction of sp³-hybridized carbons (Fsp3) is 0.409. The van der Waals surface area contributed by atoms with Gasteiger partial charge in [-0.3, -0.25) is 9.79 Å². The van der Waals surface area contributed by atoms with E-state index in [1.54, 1.807) is 25.4 Å². The van der Waals surface area contributed by atoms with Gasteiger partial charge < -0.3 is 20.9 Å². The summed E-state index contributed by atoms with van der Waals surface area (Å²) in [6.45, 7) is 2.60. The fourth-order valence-electron chi connectivity index (χ4n) is 3.75. The zero-order valence-corrected chi connectivity index (χ0v) is 17.5. The van der Waals surface area contributed by atoms with Gasteiger partial charge in [0.05, 0.1) is 5.92 Å². The number of carbonyl (C=O) groups is 1. The second-order valence-electron chi connectivity index (χ2n) is 7.56. The third-order valence-corrected chi connectivity index (χ3v) is 5.33. The Kier molecular flexibility index (Phi) is 7.21. The van der Waals surface area contributed by atoms with Crippen LogP contribution in [0.25, 0.3) is 0 Å². The first-order valence-electron chi connectivity index (χ1n) is 10.1. The van der Waals surface area contributed by atoms with Gasteiger partial charge >= 0.3 is 0 Å². The number of nitrogens with zero attached hydrogens (tertiary/aromatic N) is 4. The monoisotopic (exact) mass is 412 g/mol. The minimum absolute atomic E-state index is 0.142.